The number of fused-ring (bicyclic) bond motifs is 1. The fraction of sp³-hybridized carbons (Fsp3) is 0.278. The largest absolute Gasteiger partial charge is 0.342 e. The highest BCUT2D eigenvalue weighted by atomic mass is 14.9. The first-order valence-electron chi connectivity index (χ1n) is 7.44. The van der Waals surface area contributed by atoms with Crippen molar-refractivity contribution in [3.63, 3.8) is 0 Å². The number of nitrogens with zero attached hydrogens (tertiary/aromatic N) is 1. The van der Waals surface area contributed by atoms with Gasteiger partial charge in [0.2, 0.25) is 0 Å². The van der Waals surface area contributed by atoms with Crippen LogP contribution in [0.4, 0.5) is 0 Å². The number of H-pyrrole nitrogens is 1. The Morgan fingerprint density at radius 2 is 1.75 bits per heavy atom. The van der Waals surface area contributed by atoms with Gasteiger partial charge < -0.3 is 4.98 Å². The van der Waals surface area contributed by atoms with Gasteiger partial charge in [0.25, 0.3) is 0 Å². The lowest BCUT2D eigenvalue weighted by Gasteiger charge is -2.04. The van der Waals surface area contributed by atoms with Crippen LogP contribution < -0.4 is 0 Å². The molecule has 1 heterocycles. The molecule has 0 amide bonds. The molecule has 1 saturated carbocycles. The Hall–Kier alpha value is -2.09. The average Bonchev–Trinajstić information content (AvgIpc) is 3.17. The highest BCUT2D eigenvalue weighted by Crippen LogP contribution is 2.33. The molecule has 1 aromatic heterocycles. The third-order valence-electron chi connectivity index (χ3n) is 4.40. The van der Waals surface area contributed by atoms with E-state index >= 15 is 0 Å². The lowest BCUT2D eigenvalue weighted by atomic mass is 10.1. The molecule has 0 saturated heterocycles. The predicted octanol–water partition coefficient (Wildman–Crippen LogP) is 4.89. The van der Waals surface area contributed by atoms with Crippen molar-refractivity contribution in [3.8, 4) is 11.3 Å². The van der Waals surface area contributed by atoms with Crippen molar-refractivity contribution in [2.24, 2.45) is 0 Å². The molecule has 1 aliphatic rings. The molecular weight excluding hydrogens is 244 g/mol. The molecule has 100 valence electrons. The molecule has 0 radical (unpaired) electrons. The van der Waals surface area contributed by atoms with Gasteiger partial charge in [-0.05, 0) is 29.7 Å². The Morgan fingerprint density at radius 3 is 2.60 bits per heavy atom. The van der Waals surface area contributed by atoms with Crippen LogP contribution in [0.25, 0.3) is 22.0 Å². The maximum Gasteiger partial charge on any atom is 0.109 e. The Balaban J connectivity index is 1.71. The van der Waals surface area contributed by atoms with Gasteiger partial charge in [0, 0.05) is 11.5 Å². The summed E-state index contributed by atoms with van der Waals surface area (Å²) in [5.41, 5.74) is 2.36. The minimum atomic E-state index is 0.643. The molecule has 2 heteroatoms. The second-order valence-electron chi connectivity index (χ2n) is 5.73. The van der Waals surface area contributed by atoms with Crippen LogP contribution in [0.2, 0.25) is 0 Å². The van der Waals surface area contributed by atoms with Gasteiger partial charge in [0.05, 0.1) is 11.9 Å². The fourth-order valence-corrected chi connectivity index (χ4v) is 3.25. The summed E-state index contributed by atoms with van der Waals surface area (Å²) in [6, 6.07) is 15.1. The first kappa shape index (κ1) is 11.7. The van der Waals surface area contributed by atoms with Crippen molar-refractivity contribution in [2.75, 3.05) is 0 Å². The van der Waals surface area contributed by atoms with E-state index in [0.717, 1.165) is 5.69 Å². The van der Waals surface area contributed by atoms with Crippen molar-refractivity contribution >= 4 is 10.8 Å². The minimum absolute atomic E-state index is 0.643. The van der Waals surface area contributed by atoms with Gasteiger partial charge in [0.15, 0.2) is 0 Å². The van der Waals surface area contributed by atoms with Crippen LogP contribution in [0.5, 0.6) is 0 Å². The number of imidazole rings is 1. The summed E-state index contributed by atoms with van der Waals surface area (Å²) in [5, 5.41) is 2.56. The highest BCUT2D eigenvalue weighted by molar-refractivity contribution is 5.86. The third-order valence-corrected chi connectivity index (χ3v) is 4.40. The van der Waals surface area contributed by atoms with Crippen LogP contribution >= 0.6 is 0 Å². The normalized spacial score (nSPS) is 16.0. The molecule has 1 aliphatic carbocycles. The Labute approximate surface area is 118 Å². The first-order chi connectivity index (χ1) is 9.90. The van der Waals surface area contributed by atoms with E-state index in [1.54, 1.807) is 0 Å². The van der Waals surface area contributed by atoms with E-state index in [0.29, 0.717) is 5.92 Å². The van der Waals surface area contributed by atoms with E-state index in [1.807, 2.05) is 6.20 Å². The van der Waals surface area contributed by atoms with E-state index in [1.165, 1.54) is 47.8 Å². The average molecular weight is 262 g/mol. The van der Waals surface area contributed by atoms with E-state index in [9.17, 15) is 0 Å². The van der Waals surface area contributed by atoms with Crippen LogP contribution in [-0.4, -0.2) is 9.97 Å². The maximum atomic E-state index is 4.60. The number of rotatable bonds is 2. The third kappa shape index (κ3) is 2.01. The van der Waals surface area contributed by atoms with Crippen molar-refractivity contribution in [1.82, 2.24) is 9.97 Å². The van der Waals surface area contributed by atoms with Gasteiger partial charge in [-0.1, -0.05) is 49.2 Å². The molecule has 3 aromatic rings. The SMILES string of the molecule is c1ccc2cc(-c3cnc(C4CCCC4)[nH]3)ccc2c1. The maximum absolute atomic E-state index is 4.60. The van der Waals surface area contributed by atoms with Gasteiger partial charge >= 0.3 is 0 Å². The van der Waals surface area contributed by atoms with E-state index < -0.39 is 0 Å². The summed E-state index contributed by atoms with van der Waals surface area (Å²) in [7, 11) is 0. The topological polar surface area (TPSA) is 28.7 Å². The van der Waals surface area contributed by atoms with Crippen molar-refractivity contribution in [1.29, 1.82) is 0 Å². The molecule has 0 unspecified atom stereocenters. The number of hydrogen-bond acceptors (Lipinski definition) is 1. The quantitative estimate of drug-likeness (QED) is 0.700. The van der Waals surface area contributed by atoms with Gasteiger partial charge in [-0.15, -0.1) is 0 Å². The second kappa shape index (κ2) is 4.78. The number of benzene rings is 2. The molecule has 0 aliphatic heterocycles. The molecule has 20 heavy (non-hydrogen) atoms. The smallest absolute Gasteiger partial charge is 0.109 e. The molecular formula is C18H18N2. The summed E-state index contributed by atoms with van der Waals surface area (Å²) < 4.78 is 0. The zero-order valence-electron chi connectivity index (χ0n) is 11.5. The molecule has 2 nitrogen and oxygen atoms in total. The van der Waals surface area contributed by atoms with Crippen LogP contribution in [0, 0.1) is 0 Å². The van der Waals surface area contributed by atoms with Crippen LogP contribution in [0.3, 0.4) is 0 Å². The van der Waals surface area contributed by atoms with E-state index in [4.69, 9.17) is 0 Å². The molecule has 4 rings (SSSR count). The zero-order chi connectivity index (χ0) is 13.4. The van der Waals surface area contributed by atoms with Crippen LogP contribution in [0.15, 0.2) is 48.7 Å². The zero-order valence-corrected chi connectivity index (χ0v) is 11.5. The lowest BCUT2D eigenvalue weighted by molar-refractivity contribution is 0.679. The molecule has 0 atom stereocenters. The number of aromatic nitrogens is 2. The Kier molecular flexibility index (Phi) is 2.80. The summed E-state index contributed by atoms with van der Waals surface area (Å²) in [4.78, 5) is 8.12. The summed E-state index contributed by atoms with van der Waals surface area (Å²) in [6.45, 7) is 0. The Bertz CT molecular complexity index is 736. The molecule has 0 bridgehead atoms. The van der Waals surface area contributed by atoms with Gasteiger partial charge in [-0.25, -0.2) is 4.98 Å². The van der Waals surface area contributed by atoms with Crippen LogP contribution in [-0.2, 0) is 0 Å². The van der Waals surface area contributed by atoms with Crippen LogP contribution in [0.1, 0.15) is 37.4 Å². The number of nitrogens with one attached hydrogen (secondary N) is 1. The van der Waals surface area contributed by atoms with E-state index in [2.05, 4.69) is 52.4 Å². The fourth-order valence-electron chi connectivity index (χ4n) is 3.25. The lowest BCUT2D eigenvalue weighted by Crippen LogP contribution is -1.94. The second-order valence-corrected chi connectivity index (χ2v) is 5.73. The van der Waals surface area contributed by atoms with Crippen molar-refractivity contribution in [3.05, 3.63) is 54.5 Å². The predicted molar refractivity (Wildman–Crippen MR) is 82.7 cm³/mol. The van der Waals surface area contributed by atoms with Gasteiger partial charge in [-0.3, -0.25) is 0 Å². The van der Waals surface area contributed by atoms with Gasteiger partial charge in [0.1, 0.15) is 5.82 Å². The summed E-state index contributed by atoms with van der Waals surface area (Å²) in [5.74, 6) is 1.81. The van der Waals surface area contributed by atoms with Crippen molar-refractivity contribution in [2.45, 2.75) is 31.6 Å². The van der Waals surface area contributed by atoms with Gasteiger partial charge in [-0.2, -0.15) is 0 Å². The number of hydrogen-bond donors (Lipinski definition) is 1. The monoisotopic (exact) mass is 262 g/mol. The standard InChI is InChI=1S/C18H18N2/c1-4-8-15-11-16(10-9-13(15)5-1)17-12-19-18(20-17)14-6-2-3-7-14/h1,4-5,8-12,14H,2-3,6-7H2,(H,19,20). The molecule has 1 fully saturated rings. The van der Waals surface area contributed by atoms with Crippen molar-refractivity contribution < 1.29 is 0 Å². The van der Waals surface area contributed by atoms with E-state index in [-0.39, 0.29) is 0 Å². The number of aromatic amines is 1. The molecule has 2 aromatic carbocycles. The molecule has 0 spiro atoms. The summed E-state index contributed by atoms with van der Waals surface area (Å²) in [6.07, 6.45) is 7.24. The molecule has 1 N–H and O–H groups in total. The highest BCUT2D eigenvalue weighted by Gasteiger charge is 2.19. The summed E-state index contributed by atoms with van der Waals surface area (Å²) >= 11 is 0. The Morgan fingerprint density at radius 1 is 0.950 bits per heavy atom. The first-order valence-corrected chi connectivity index (χ1v) is 7.44. The minimum Gasteiger partial charge on any atom is -0.342 e.